The van der Waals surface area contributed by atoms with Gasteiger partial charge in [-0.3, -0.25) is 4.31 Å². The zero-order valence-electron chi connectivity index (χ0n) is 18.7. The van der Waals surface area contributed by atoms with Crippen molar-refractivity contribution in [2.45, 2.75) is 18.2 Å². The molecule has 0 bridgehead atoms. The van der Waals surface area contributed by atoms with Gasteiger partial charge in [-0.1, -0.05) is 60.7 Å². The van der Waals surface area contributed by atoms with Crippen LogP contribution in [0.3, 0.4) is 0 Å². The quantitative estimate of drug-likeness (QED) is 0.415. The number of benzene rings is 3. The fourth-order valence-corrected chi connectivity index (χ4v) is 5.65. The molecule has 172 valence electrons. The number of aromatic nitrogens is 1. The molecule has 0 spiro atoms. The third kappa shape index (κ3) is 3.88. The molecule has 0 unspecified atom stereocenters. The predicted molar refractivity (Wildman–Crippen MR) is 132 cm³/mol. The normalized spacial score (nSPS) is 13.8. The maximum atomic E-state index is 13.6. The summed E-state index contributed by atoms with van der Waals surface area (Å²) in [5.41, 5.74) is 4.56. The zero-order valence-corrected chi connectivity index (χ0v) is 19.5. The highest BCUT2D eigenvalue weighted by Gasteiger charge is 2.30. The van der Waals surface area contributed by atoms with Crippen molar-refractivity contribution < 1.29 is 17.9 Å². The minimum atomic E-state index is -3.88. The molecule has 1 N–H and O–H groups in total. The van der Waals surface area contributed by atoms with E-state index in [1.165, 1.54) is 10.5 Å². The largest absolute Gasteiger partial charge is 0.462 e. The van der Waals surface area contributed by atoms with Crippen LogP contribution < -0.4 is 0 Å². The van der Waals surface area contributed by atoms with Crippen LogP contribution >= 0.6 is 0 Å². The molecule has 7 heteroatoms. The molecular weight excluding hydrogens is 448 g/mol. The molecule has 0 aliphatic carbocycles. The molecule has 0 amide bonds. The number of nitrogens with zero attached hydrogens (tertiary/aromatic N) is 1. The first kappa shape index (κ1) is 22.0. The van der Waals surface area contributed by atoms with Gasteiger partial charge in [0, 0.05) is 23.6 Å². The van der Waals surface area contributed by atoms with E-state index in [2.05, 4.69) is 4.98 Å². The van der Waals surface area contributed by atoms with Crippen molar-refractivity contribution in [3.63, 3.8) is 0 Å². The van der Waals surface area contributed by atoms with E-state index in [0.717, 1.165) is 27.6 Å². The molecule has 0 saturated carbocycles. The molecule has 5 rings (SSSR count). The van der Waals surface area contributed by atoms with E-state index >= 15 is 0 Å². The number of carbonyl (C=O) groups excluding carboxylic acids is 1. The lowest BCUT2D eigenvalue weighted by molar-refractivity contribution is -0.136. The van der Waals surface area contributed by atoms with Crippen LogP contribution in [-0.4, -0.2) is 36.8 Å². The van der Waals surface area contributed by atoms with Gasteiger partial charge in [-0.05, 0) is 48.2 Å². The Labute approximate surface area is 198 Å². The fraction of sp³-hybridized carbons (Fsp3) is 0.148. The van der Waals surface area contributed by atoms with Crippen molar-refractivity contribution in [3.8, 4) is 11.1 Å². The molecule has 2 heterocycles. The summed E-state index contributed by atoms with van der Waals surface area (Å²) < 4.78 is 33.7. The van der Waals surface area contributed by atoms with E-state index < -0.39 is 16.0 Å². The lowest BCUT2D eigenvalue weighted by Gasteiger charge is -2.20. The lowest BCUT2D eigenvalue weighted by Crippen LogP contribution is -2.28. The van der Waals surface area contributed by atoms with Crippen LogP contribution in [0.1, 0.15) is 18.2 Å². The molecule has 6 nitrogen and oxygen atoms in total. The maximum Gasteiger partial charge on any atom is 0.341 e. The number of para-hydroxylation sites is 1. The van der Waals surface area contributed by atoms with Gasteiger partial charge in [-0.2, -0.15) is 0 Å². The fourth-order valence-electron chi connectivity index (χ4n) is 4.32. The molecule has 0 saturated heterocycles. The number of ether oxygens (including phenoxy) is 1. The van der Waals surface area contributed by atoms with Gasteiger partial charge in [-0.15, -0.1) is 0 Å². The molecule has 4 aromatic rings. The van der Waals surface area contributed by atoms with Gasteiger partial charge in [0.2, 0.25) is 0 Å². The molecular formula is C27H24N2O4S. The average Bonchev–Trinajstić information content (AvgIpc) is 3.11. The first-order valence-corrected chi connectivity index (χ1v) is 12.6. The van der Waals surface area contributed by atoms with Gasteiger partial charge in [0.05, 0.1) is 17.2 Å². The number of carbonyl (C=O) groups is 1. The van der Waals surface area contributed by atoms with Gasteiger partial charge in [0.25, 0.3) is 10.0 Å². The van der Waals surface area contributed by atoms with Crippen molar-refractivity contribution in [1.29, 1.82) is 0 Å². The topological polar surface area (TPSA) is 79.5 Å². The Morgan fingerprint density at radius 1 is 0.941 bits per heavy atom. The van der Waals surface area contributed by atoms with Crippen molar-refractivity contribution in [2.24, 2.45) is 0 Å². The highest BCUT2D eigenvalue weighted by Crippen LogP contribution is 2.33. The van der Waals surface area contributed by atoms with Crippen LogP contribution in [0.4, 0.5) is 0 Å². The Kier molecular flexibility index (Phi) is 5.71. The molecule has 3 aromatic carbocycles. The Bertz CT molecular complexity index is 1490. The van der Waals surface area contributed by atoms with Crippen LogP contribution in [0.5, 0.6) is 0 Å². The summed E-state index contributed by atoms with van der Waals surface area (Å²) >= 11 is 0. The van der Waals surface area contributed by atoms with Crippen LogP contribution in [0, 0.1) is 0 Å². The predicted octanol–water partition coefficient (Wildman–Crippen LogP) is 4.99. The van der Waals surface area contributed by atoms with Crippen molar-refractivity contribution in [1.82, 2.24) is 9.29 Å². The number of aromatic amines is 1. The number of hydrogen-bond donors (Lipinski definition) is 1. The summed E-state index contributed by atoms with van der Waals surface area (Å²) in [6.07, 6.45) is 1.86. The molecule has 34 heavy (non-hydrogen) atoms. The van der Waals surface area contributed by atoms with E-state index in [1.807, 2.05) is 54.6 Å². The second-order valence-corrected chi connectivity index (χ2v) is 9.93. The van der Waals surface area contributed by atoms with Crippen LogP contribution in [-0.2, 0) is 26.0 Å². The molecule has 0 radical (unpaired) electrons. The number of sulfonamides is 1. The van der Waals surface area contributed by atoms with Gasteiger partial charge in [0.1, 0.15) is 5.57 Å². The summed E-state index contributed by atoms with van der Waals surface area (Å²) in [6.45, 7) is 2.13. The Hall–Kier alpha value is -3.84. The number of rotatable bonds is 5. The van der Waals surface area contributed by atoms with Crippen molar-refractivity contribution >= 4 is 32.5 Å². The molecule has 1 aliphatic rings. The number of esters is 1. The minimum absolute atomic E-state index is 0.169. The van der Waals surface area contributed by atoms with Crippen molar-refractivity contribution in [3.05, 3.63) is 96.3 Å². The molecule has 1 aromatic heterocycles. The summed E-state index contributed by atoms with van der Waals surface area (Å²) in [7, 11) is -3.88. The standard InChI is InChI=1S/C27H24N2O4S/c1-2-33-27(30)24-18-29(17-16-23-22-10-6-7-11-25(22)28-26(23)24)34(31,32)21-14-12-20(13-15-21)19-8-4-3-5-9-19/h3-15,18,28H,2,16-17H2,1H3. The van der Waals surface area contributed by atoms with Gasteiger partial charge in [0.15, 0.2) is 0 Å². The summed E-state index contributed by atoms with van der Waals surface area (Å²) in [6, 6.07) is 24.3. The van der Waals surface area contributed by atoms with E-state index in [9.17, 15) is 13.2 Å². The zero-order chi connectivity index (χ0) is 23.7. The van der Waals surface area contributed by atoms with E-state index in [1.54, 1.807) is 31.2 Å². The van der Waals surface area contributed by atoms with E-state index in [0.29, 0.717) is 12.1 Å². The second kappa shape index (κ2) is 8.83. The van der Waals surface area contributed by atoms with Gasteiger partial charge < -0.3 is 9.72 Å². The highest BCUT2D eigenvalue weighted by molar-refractivity contribution is 7.89. The molecule has 0 atom stereocenters. The molecule has 0 fully saturated rings. The first-order chi connectivity index (χ1) is 16.5. The van der Waals surface area contributed by atoms with Crippen molar-refractivity contribution in [2.75, 3.05) is 13.2 Å². The summed E-state index contributed by atoms with van der Waals surface area (Å²) in [5, 5.41) is 0.971. The number of hydrogen-bond acceptors (Lipinski definition) is 4. The lowest BCUT2D eigenvalue weighted by atomic mass is 10.0. The monoisotopic (exact) mass is 472 g/mol. The Morgan fingerprint density at radius 3 is 2.35 bits per heavy atom. The average molecular weight is 473 g/mol. The highest BCUT2D eigenvalue weighted by atomic mass is 32.2. The Morgan fingerprint density at radius 2 is 1.62 bits per heavy atom. The number of fused-ring (bicyclic) bond motifs is 3. The van der Waals surface area contributed by atoms with Crippen LogP contribution in [0.2, 0.25) is 0 Å². The van der Waals surface area contributed by atoms with Crippen LogP contribution in [0.25, 0.3) is 27.6 Å². The summed E-state index contributed by atoms with van der Waals surface area (Å²) in [5.74, 6) is -0.558. The Balaban J connectivity index is 1.55. The third-order valence-corrected chi connectivity index (χ3v) is 7.77. The second-order valence-electron chi connectivity index (χ2n) is 8.04. The smallest absolute Gasteiger partial charge is 0.341 e. The van der Waals surface area contributed by atoms with E-state index in [4.69, 9.17) is 4.74 Å². The summed E-state index contributed by atoms with van der Waals surface area (Å²) in [4.78, 5) is 16.3. The minimum Gasteiger partial charge on any atom is -0.462 e. The van der Waals surface area contributed by atoms with Gasteiger partial charge >= 0.3 is 5.97 Å². The maximum absolute atomic E-state index is 13.6. The first-order valence-electron chi connectivity index (χ1n) is 11.2. The van der Waals surface area contributed by atoms with Crippen LogP contribution in [0.15, 0.2) is 90.0 Å². The number of H-pyrrole nitrogens is 1. The third-order valence-electron chi connectivity index (χ3n) is 6.00. The molecule has 1 aliphatic heterocycles. The SMILES string of the molecule is CCOC(=O)C1=CN(S(=O)(=O)c2ccc(-c3ccccc3)cc2)CCc2c1[nH]c1ccccc21. The number of nitrogens with one attached hydrogen (secondary N) is 1. The van der Waals surface area contributed by atoms with Gasteiger partial charge in [-0.25, -0.2) is 13.2 Å². The van der Waals surface area contributed by atoms with E-state index in [-0.39, 0.29) is 23.6 Å².